The van der Waals surface area contributed by atoms with Crippen LogP contribution >= 0.6 is 0 Å². The lowest BCUT2D eigenvalue weighted by Gasteiger charge is -2.22. The van der Waals surface area contributed by atoms with Gasteiger partial charge in [0.25, 0.3) is 0 Å². The van der Waals surface area contributed by atoms with E-state index in [9.17, 15) is 9.18 Å². The molecule has 1 aromatic rings. The largest absolute Gasteiger partial charge is 0.335 e. The van der Waals surface area contributed by atoms with E-state index in [0.29, 0.717) is 19.0 Å². The molecule has 0 aliphatic heterocycles. The van der Waals surface area contributed by atoms with Gasteiger partial charge in [0.05, 0.1) is 0 Å². The van der Waals surface area contributed by atoms with Crippen LogP contribution in [0.4, 0.5) is 4.39 Å². The number of amides is 1. The maximum Gasteiger partial charge on any atom is 0.223 e. The van der Waals surface area contributed by atoms with Gasteiger partial charge in [-0.1, -0.05) is 25.0 Å². The van der Waals surface area contributed by atoms with Crippen molar-refractivity contribution >= 4 is 5.91 Å². The Morgan fingerprint density at radius 2 is 1.81 bits per heavy atom. The van der Waals surface area contributed by atoms with Crippen molar-refractivity contribution in [3.05, 3.63) is 35.6 Å². The van der Waals surface area contributed by atoms with E-state index in [4.69, 9.17) is 5.73 Å². The van der Waals surface area contributed by atoms with E-state index in [1.807, 2.05) is 4.90 Å². The normalized spacial score (nSPS) is 14.2. The van der Waals surface area contributed by atoms with E-state index < -0.39 is 0 Å². The summed E-state index contributed by atoms with van der Waals surface area (Å²) in [4.78, 5) is 14.3. The van der Waals surface area contributed by atoms with Gasteiger partial charge in [-0.15, -0.1) is 0 Å². The summed E-state index contributed by atoms with van der Waals surface area (Å²) in [6, 6.07) is 6.83. The monoisotopic (exact) mass is 292 g/mol. The van der Waals surface area contributed by atoms with Gasteiger partial charge in [0.1, 0.15) is 5.82 Å². The van der Waals surface area contributed by atoms with Gasteiger partial charge in [-0.3, -0.25) is 4.79 Å². The minimum absolute atomic E-state index is 0.231. The SMILES string of the molecule is NCCCCCCC(=O)N(Cc1ccc(F)cc1)C1CC1. The molecule has 0 aromatic heterocycles. The Morgan fingerprint density at radius 1 is 1.14 bits per heavy atom. The fourth-order valence-electron chi connectivity index (χ4n) is 2.51. The quantitative estimate of drug-likeness (QED) is 0.710. The number of rotatable bonds is 9. The molecule has 2 N–H and O–H groups in total. The third kappa shape index (κ3) is 5.46. The molecule has 2 rings (SSSR count). The maximum absolute atomic E-state index is 12.9. The zero-order valence-electron chi connectivity index (χ0n) is 12.6. The van der Waals surface area contributed by atoms with Gasteiger partial charge in [0.2, 0.25) is 5.91 Å². The Morgan fingerprint density at radius 3 is 2.43 bits per heavy atom. The Kier molecular flexibility index (Phi) is 6.18. The van der Waals surface area contributed by atoms with Crippen molar-refractivity contribution in [3.8, 4) is 0 Å². The first-order valence-corrected chi connectivity index (χ1v) is 7.94. The molecule has 4 heteroatoms. The highest BCUT2D eigenvalue weighted by Crippen LogP contribution is 2.29. The molecular weight excluding hydrogens is 267 g/mol. The summed E-state index contributed by atoms with van der Waals surface area (Å²) in [5, 5.41) is 0. The van der Waals surface area contributed by atoms with Crippen molar-refractivity contribution in [1.29, 1.82) is 0 Å². The van der Waals surface area contributed by atoms with Crippen molar-refractivity contribution in [3.63, 3.8) is 0 Å². The van der Waals surface area contributed by atoms with E-state index in [2.05, 4.69) is 0 Å². The maximum atomic E-state index is 12.9. The molecule has 0 saturated heterocycles. The predicted octanol–water partition coefficient (Wildman–Crippen LogP) is 3.23. The van der Waals surface area contributed by atoms with Gasteiger partial charge in [0.15, 0.2) is 0 Å². The second-order valence-electron chi connectivity index (χ2n) is 5.83. The summed E-state index contributed by atoms with van der Waals surface area (Å²) in [5.41, 5.74) is 6.46. The first-order valence-electron chi connectivity index (χ1n) is 7.94. The minimum atomic E-state index is -0.233. The first-order chi connectivity index (χ1) is 10.2. The van der Waals surface area contributed by atoms with Gasteiger partial charge >= 0.3 is 0 Å². The molecule has 116 valence electrons. The lowest BCUT2D eigenvalue weighted by molar-refractivity contribution is -0.132. The van der Waals surface area contributed by atoms with Crippen LogP contribution in [0.5, 0.6) is 0 Å². The minimum Gasteiger partial charge on any atom is -0.335 e. The molecule has 0 atom stereocenters. The van der Waals surface area contributed by atoms with Crippen LogP contribution in [0.2, 0.25) is 0 Å². The Hall–Kier alpha value is -1.42. The van der Waals surface area contributed by atoms with E-state index in [1.165, 1.54) is 12.1 Å². The van der Waals surface area contributed by atoms with E-state index in [-0.39, 0.29) is 11.7 Å². The molecule has 0 unspecified atom stereocenters. The summed E-state index contributed by atoms with van der Waals surface area (Å²) in [7, 11) is 0. The molecule has 1 aliphatic rings. The number of nitrogens with two attached hydrogens (primary N) is 1. The molecular formula is C17H25FN2O. The van der Waals surface area contributed by atoms with Gasteiger partial charge in [-0.25, -0.2) is 4.39 Å². The molecule has 0 spiro atoms. The third-order valence-corrected chi connectivity index (χ3v) is 3.92. The molecule has 21 heavy (non-hydrogen) atoms. The fraction of sp³-hybridized carbons (Fsp3) is 0.588. The van der Waals surface area contributed by atoms with Crippen LogP contribution in [0, 0.1) is 5.82 Å². The van der Waals surface area contributed by atoms with Crippen molar-refractivity contribution in [2.24, 2.45) is 5.73 Å². The lowest BCUT2D eigenvalue weighted by Crippen LogP contribution is -2.32. The molecule has 1 aliphatic carbocycles. The standard InChI is InChI=1S/C17H25FN2O/c18-15-8-6-14(7-9-15)13-20(16-10-11-16)17(21)5-3-1-2-4-12-19/h6-9,16H,1-5,10-13,19H2. The van der Waals surface area contributed by atoms with Crippen molar-refractivity contribution < 1.29 is 9.18 Å². The molecule has 0 heterocycles. The van der Waals surface area contributed by atoms with Crippen LogP contribution in [0.15, 0.2) is 24.3 Å². The van der Waals surface area contributed by atoms with Crippen molar-refractivity contribution in [2.75, 3.05) is 6.54 Å². The molecule has 0 bridgehead atoms. The molecule has 1 aromatic carbocycles. The topological polar surface area (TPSA) is 46.3 Å². The fourth-order valence-corrected chi connectivity index (χ4v) is 2.51. The number of hydrogen-bond acceptors (Lipinski definition) is 2. The molecule has 0 radical (unpaired) electrons. The average Bonchev–Trinajstić information content (AvgIpc) is 3.31. The van der Waals surface area contributed by atoms with Gasteiger partial charge in [-0.05, 0) is 49.9 Å². The van der Waals surface area contributed by atoms with E-state index >= 15 is 0 Å². The first kappa shape index (κ1) is 16.0. The van der Waals surface area contributed by atoms with Crippen LogP contribution in [0.1, 0.15) is 50.5 Å². The molecule has 3 nitrogen and oxygen atoms in total. The average molecular weight is 292 g/mol. The number of benzene rings is 1. The van der Waals surface area contributed by atoms with Crippen LogP contribution in [0.3, 0.4) is 0 Å². The smallest absolute Gasteiger partial charge is 0.223 e. The zero-order valence-corrected chi connectivity index (χ0v) is 12.6. The van der Waals surface area contributed by atoms with Crippen LogP contribution in [-0.4, -0.2) is 23.4 Å². The number of halogens is 1. The Balaban J connectivity index is 1.81. The number of carbonyl (C=O) groups is 1. The van der Waals surface area contributed by atoms with Crippen LogP contribution in [0.25, 0.3) is 0 Å². The highest BCUT2D eigenvalue weighted by atomic mass is 19.1. The Labute approximate surface area is 126 Å². The van der Waals surface area contributed by atoms with E-state index in [0.717, 1.165) is 50.6 Å². The summed E-state index contributed by atoms with van der Waals surface area (Å²) >= 11 is 0. The van der Waals surface area contributed by atoms with Gasteiger partial charge < -0.3 is 10.6 Å². The van der Waals surface area contributed by atoms with Crippen molar-refractivity contribution in [2.45, 2.75) is 57.5 Å². The summed E-state index contributed by atoms with van der Waals surface area (Å²) in [6.45, 7) is 1.33. The number of hydrogen-bond donors (Lipinski definition) is 1. The van der Waals surface area contributed by atoms with Gasteiger partial charge in [0, 0.05) is 19.0 Å². The van der Waals surface area contributed by atoms with Crippen molar-refractivity contribution in [1.82, 2.24) is 4.90 Å². The second-order valence-corrected chi connectivity index (χ2v) is 5.83. The second kappa shape index (κ2) is 8.13. The van der Waals surface area contributed by atoms with Gasteiger partial charge in [-0.2, -0.15) is 0 Å². The zero-order chi connectivity index (χ0) is 15.1. The predicted molar refractivity (Wildman–Crippen MR) is 82.1 cm³/mol. The highest BCUT2D eigenvalue weighted by molar-refractivity contribution is 5.76. The van der Waals surface area contributed by atoms with Crippen LogP contribution in [-0.2, 0) is 11.3 Å². The number of carbonyl (C=O) groups excluding carboxylic acids is 1. The Bertz CT molecular complexity index is 443. The summed E-state index contributed by atoms with van der Waals surface area (Å²) < 4.78 is 12.9. The van der Waals surface area contributed by atoms with Crippen LogP contribution < -0.4 is 5.73 Å². The molecule has 1 amide bonds. The summed E-state index contributed by atoms with van der Waals surface area (Å²) in [5.74, 6) is -0.00229. The highest BCUT2D eigenvalue weighted by Gasteiger charge is 2.32. The van der Waals surface area contributed by atoms with E-state index in [1.54, 1.807) is 12.1 Å². The summed E-state index contributed by atoms with van der Waals surface area (Å²) in [6.07, 6.45) is 6.95. The third-order valence-electron chi connectivity index (χ3n) is 3.92. The number of nitrogens with zero attached hydrogens (tertiary/aromatic N) is 1. The molecule has 1 saturated carbocycles. The lowest BCUT2D eigenvalue weighted by atomic mass is 10.1. The number of unbranched alkanes of at least 4 members (excludes halogenated alkanes) is 3. The molecule has 1 fully saturated rings.